The van der Waals surface area contributed by atoms with Crippen LogP contribution in [0.25, 0.3) is 0 Å². The monoisotopic (exact) mass is 430 g/mol. The SMILES string of the molecule is CCC(C)CC(=O)OCC(F)(F)C(F)(F)C(F)(F)C(F)(F)C(F)(F)C(F)F. The Morgan fingerprint density at radius 1 is 0.852 bits per heavy atom. The third kappa shape index (κ3) is 4.55. The highest BCUT2D eigenvalue weighted by atomic mass is 19.4. The molecule has 0 saturated carbocycles. The normalized spacial score (nSPS) is 15.8. The van der Waals surface area contributed by atoms with E-state index < -0.39 is 61.0 Å². The van der Waals surface area contributed by atoms with Crippen LogP contribution in [-0.4, -0.2) is 48.6 Å². The number of hydrogen-bond acceptors (Lipinski definition) is 2. The van der Waals surface area contributed by atoms with Crippen molar-refractivity contribution in [2.24, 2.45) is 5.92 Å². The number of alkyl halides is 12. The fraction of sp³-hybridized carbons (Fsp3) is 0.923. The van der Waals surface area contributed by atoms with Crippen molar-refractivity contribution < 1.29 is 62.2 Å². The van der Waals surface area contributed by atoms with Crippen molar-refractivity contribution in [2.75, 3.05) is 6.61 Å². The van der Waals surface area contributed by atoms with Crippen LogP contribution in [0.5, 0.6) is 0 Å². The molecule has 0 aliphatic heterocycles. The number of esters is 1. The molecule has 0 bridgehead atoms. The van der Waals surface area contributed by atoms with Gasteiger partial charge in [-0.3, -0.25) is 4.79 Å². The van der Waals surface area contributed by atoms with Gasteiger partial charge >= 0.3 is 42.0 Å². The molecule has 1 unspecified atom stereocenters. The van der Waals surface area contributed by atoms with Crippen LogP contribution >= 0.6 is 0 Å². The molecule has 0 aliphatic rings. The van der Waals surface area contributed by atoms with Crippen molar-refractivity contribution in [1.82, 2.24) is 0 Å². The molecule has 0 aromatic heterocycles. The first-order valence-corrected chi connectivity index (χ1v) is 7.12. The molecule has 0 radical (unpaired) electrons. The minimum absolute atomic E-state index is 0.300. The third-order valence-electron chi connectivity index (χ3n) is 3.57. The van der Waals surface area contributed by atoms with E-state index in [4.69, 9.17) is 0 Å². The first-order chi connectivity index (χ1) is 11.8. The van der Waals surface area contributed by atoms with Crippen molar-refractivity contribution in [3.05, 3.63) is 0 Å². The molecular weight excluding hydrogens is 416 g/mol. The second-order valence-electron chi connectivity index (χ2n) is 5.73. The van der Waals surface area contributed by atoms with E-state index in [1.807, 2.05) is 0 Å². The number of carbonyl (C=O) groups is 1. The van der Waals surface area contributed by atoms with Gasteiger partial charge in [0.25, 0.3) is 0 Å². The van der Waals surface area contributed by atoms with E-state index in [-0.39, 0.29) is 0 Å². The van der Waals surface area contributed by atoms with Gasteiger partial charge in [-0.1, -0.05) is 20.3 Å². The van der Waals surface area contributed by atoms with Gasteiger partial charge < -0.3 is 4.74 Å². The zero-order chi connectivity index (χ0) is 22.1. The lowest BCUT2D eigenvalue weighted by Gasteiger charge is -2.38. The average Bonchev–Trinajstić information content (AvgIpc) is 2.51. The van der Waals surface area contributed by atoms with Crippen molar-refractivity contribution in [1.29, 1.82) is 0 Å². The van der Waals surface area contributed by atoms with E-state index in [1.165, 1.54) is 13.8 Å². The first-order valence-electron chi connectivity index (χ1n) is 7.12. The standard InChI is InChI=1S/C13H14F12O2/c1-3-6(2)4-7(26)27-5-9(16,17)11(20,21)13(24,25)12(22,23)10(18,19)8(14)15/h6,8H,3-5H2,1-2H3. The molecule has 0 aromatic rings. The molecule has 0 aliphatic carbocycles. The van der Waals surface area contributed by atoms with Crippen molar-refractivity contribution in [3.63, 3.8) is 0 Å². The fourth-order valence-electron chi connectivity index (χ4n) is 1.52. The van der Waals surface area contributed by atoms with Crippen LogP contribution in [0.3, 0.4) is 0 Å². The van der Waals surface area contributed by atoms with Crippen LogP contribution in [0.4, 0.5) is 52.7 Å². The zero-order valence-corrected chi connectivity index (χ0v) is 13.6. The topological polar surface area (TPSA) is 26.3 Å². The van der Waals surface area contributed by atoms with E-state index in [9.17, 15) is 57.5 Å². The highest BCUT2D eigenvalue weighted by Crippen LogP contribution is 2.58. The Kier molecular flexibility index (Phi) is 7.53. The number of carbonyl (C=O) groups excluding carboxylic acids is 1. The van der Waals surface area contributed by atoms with Crippen LogP contribution in [0, 0.1) is 5.92 Å². The Morgan fingerprint density at radius 2 is 1.30 bits per heavy atom. The quantitative estimate of drug-likeness (QED) is 0.343. The second-order valence-corrected chi connectivity index (χ2v) is 5.73. The third-order valence-corrected chi connectivity index (χ3v) is 3.57. The minimum Gasteiger partial charge on any atom is -0.459 e. The molecule has 2 nitrogen and oxygen atoms in total. The molecule has 0 amide bonds. The summed E-state index contributed by atoms with van der Waals surface area (Å²) in [6.07, 6.45) is -5.88. The van der Waals surface area contributed by atoms with Crippen LogP contribution in [0.1, 0.15) is 26.7 Å². The number of ether oxygens (including phenoxy) is 1. The molecule has 0 heterocycles. The zero-order valence-electron chi connectivity index (χ0n) is 13.6. The van der Waals surface area contributed by atoms with Crippen molar-refractivity contribution in [2.45, 2.75) is 62.7 Å². The highest BCUT2D eigenvalue weighted by Gasteiger charge is 2.87. The van der Waals surface area contributed by atoms with Gasteiger partial charge in [0.2, 0.25) is 0 Å². The van der Waals surface area contributed by atoms with Gasteiger partial charge in [-0.25, -0.2) is 8.78 Å². The molecule has 1 atom stereocenters. The summed E-state index contributed by atoms with van der Waals surface area (Å²) in [5.74, 6) is -37.8. The molecule has 27 heavy (non-hydrogen) atoms. The predicted octanol–water partition coefficient (Wildman–Crippen LogP) is 5.41. The lowest BCUT2D eigenvalue weighted by Crippen LogP contribution is -2.69. The molecular formula is C13H14F12O2. The van der Waals surface area contributed by atoms with Crippen LogP contribution < -0.4 is 0 Å². The summed E-state index contributed by atoms with van der Waals surface area (Å²) < 4.78 is 158. The Balaban J connectivity index is 5.63. The summed E-state index contributed by atoms with van der Waals surface area (Å²) >= 11 is 0. The summed E-state index contributed by atoms with van der Waals surface area (Å²) in [5.41, 5.74) is 0. The van der Waals surface area contributed by atoms with Crippen LogP contribution in [0.15, 0.2) is 0 Å². The summed E-state index contributed by atoms with van der Waals surface area (Å²) in [4.78, 5) is 11.1. The number of halogens is 12. The summed E-state index contributed by atoms with van der Waals surface area (Å²) in [7, 11) is 0. The molecule has 0 fully saturated rings. The molecule has 0 N–H and O–H groups in total. The Bertz CT molecular complexity index is 517. The molecule has 162 valence electrons. The highest BCUT2D eigenvalue weighted by molar-refractivity contribution is 5.69. The maximum Gasteiger partial charge on any atom is 0.384 e. The van der Waals surface area contributed by atoms with E-state index >= 15 is 0 Å². The minimum atomic E-state index is -7.62. The maximum atomic E-state index is 13.3. The van der Waals surface area contributed by atoms with Gasteiger partial charge in [-0.05, 0) is 5.92 Å². The fourth-order valence-corrected chi connectivity index (χ4v) is 1.52. The summed E-state index contributed by atoms with van der Waals surface area (Å²) in [6, 6.07) is 0. The second kappa shape index (κ2) is 7.94. The Morgan fingerprint density at radius 3 is 1.67 bits per heavy atom. The maximum absolute atomic E-state index is 13.3. The van der Waals surface area contributed by atoms with Gasteiger partial charge in [0, 0.05) is 6.42 Å². The van der Waals surface area contributed by atoms with Crippen molar-refractivity contribution >= 4 is 5.97 Å². The van der Waals surface area contributed by atoms with Gasteiger partial charge in [0.15, 0.2) is 6.61 Å². The van der Waals surface area contributed by atoms with Crippen LogP contribution in [-0.2, 0) is 9.53 Å². The van der Waals surface area contributed by atoms with Gasteiger partial charge in [0.05, 0.1) is 0 Å². The molecule has 0 saturated heterocycles. The predicted molar refractivity (Wildman–Crippen MR) is 65.8 cm³/mol. The Hall–Kier alpha value is -1.37. The number of rotatable bonds is 10. The molecule has 0 aromatic carbocycles. The van der Waals surface area contributed by atoms with E-state index in [0.717, 1.165) is 0 Å². The molecule has 0 rings (SSSR count). The molecule has 0 spiro atoms. The Labute approximate surface area is 144 Å². The van der Waals surface area contributed by atoms with Gasteiger partial charge in [-0.15, -0.1) is 0 Å². The van der Waals surface area contributed by atoms with Crippen molar-refractivity contribution in [3.8, 4) is 0 Å². The van der Waals surface area contributed by atoms with Crippen LogP contribution in [0.2, 0.25) is 0 Å². The van der Waals surface area contributed by atoms with E-state index in [2.05, 4.69) is 4.74 Å². The largest absolute Gasteiger partial charge is 0.459 e. The summed E-state index contributed by atoms with van der Waals surface area (Å²) in [6.45, 7) is 0.0723. The van der Waals surface area contributed by atoms with Gasteiger partial charge in [0.1, 0.15) is 0 Å². The lowest BCUT2D eigenvalue weighted by atomic mass is 9.94. The summed E-state index contributed by atoms with van der Waals surface area (Å²) in [5, 5.41) is 0. The first kappa shape index (κ1) is 25.6. The smallest absolute Gasteiger partial charge is 0.384 e. The lowest BCUT2D eigenvalue weighted by molar-refractivity contribution is -0.414. The van der Waals surface area contributed by atoms with Gasteiger partial charge in [-0.2, -0.15) is 43.9 Å². The average molecular weight is 430 g/mol. The van der Waals surface area contributed by atoms with E-state index in [1.54, 1.807) is 0 Å². The van der Waals surface area contributed by atoms with E-state index in [0.29, 0.717) is 6.42 Å². The molecule has 14 heteroatoms. The number of hydrogen-bond donors (Lipinski definition) is 0.